The number of rotatable bonds is 4. The number of amides is 4. The molecule has 150 valence electrons. The number of hydrogen-bond donors (Lipinski definition) is 1. The number of likely N-dealkylation sites (N-methyl/N-ethyl adjacent to an activating group) is 1. The first-order valence-electron chi connectivity index (χ1n) is 9.19. The van der Waals surface area contributed by atoms with E-state index in [4.69, 9.17) is 0 Å². The lowest BCUT2D eigenvalue weighted by Gasteiger charge is -2.19. The van der Waals surface area contributed by atoms with Crippen molar-refractivity contribution in [1.29, 1.82) is 0 Å². The predicted octanol–water partition coefficient (Wildman–Crippen LogP) is 2.55. The van der Waals surface area contributed by atoms with E-state index in [0.717, 1.165) is 27.3 Å². The van der Waals surface area contributed by atoms with Crippen LogP contribution in [0.5, 0.6) is 0 Å². The van der Waals surface area contributed by atoms with Crippen molar-refractivity contribution in [3.8, 4) is 0 Å². The zero-order chi connectivity index (χ0) is 21.5. The molecule has 0 atom stereocenters. The Hall–Kier alpha value is -3.48. The van der Waals surface area contributed by atoms with Gasteiger partial charge in [-0.15, -0.1) is 0 Å². The van der Waals surface area contributed by atoms with E-state index in [-0.39, 0.29) is 35.0 Å². The number of carbonyl (C=O) groups excluding carboxylic acids is 4. The second-order valence-corrected chi connectivity index (χ2v) is 7.41. The summed E-state index contributed by atoms with van der Waals surface area (Å²) in [6.45, 7) is 5.69. The molecule has 29 heavy (non-hydrogen) atoms. The Labute approximate surface area is 169 Å². The van der Waals surface area contributed by atoms with Gasteiger partial charge < -0.3 is 10.2 Å². The summed E-state index contributed by atoms with van der Waals surface area (Å²) in [4.78, 5) is 51.6. The number of carbonyl (C=O) groups is 4. The molecule has 0 spiro atoms. The molecule has 2 aromatic carbocycles. The number of benzene rings is 2. The van der Waals surface area contributed by atoms with Crippen LogP contribution in [0.3, 0.4) is 0 Å². The standard InChI is InChI=1S/C22H23N3O4/c1-12-8-13(2)19(14(3)9-12)23-18(26)11-24(4)20(27)15-6-7-16-17(10-15)22(29)25(5)21(16)28/h6-10H,11H2,1-5H3,(H,23,26). The van der Waals surface area contributed by atoms with E-state index in [0.29, 0.717) is 0 Å². The minimum Gasteiger partial charge on any atom is -0.332 e. The average Bonchev–Trinajstić information content (AvgIpc) is 2.88. The Balaban J connectivity index is 1.73. The van der Waals surface area contributed by atoms with E-state index in [1.165, 1.54) is 37.2 Å². The molecule has 1 heterocycles. The maximum Gasteiger partial charge on any atom is 0.261 e. The Bertz CT molecular complexity index is 1040. The van der Waals surface area contributed by atoms with Gasteiger partial charge in [0.25, 0.3) is 17.7 Å². The summed E-state index contributed by atoms with van der Waals surface area (Å²) in [6, 6.07) is 8.34. The number of anilines is 1. The Morgan fingerprint density at radius 2 is 1.55 bits per heavy atom. The second kappa shape index (κ2) is 7.50. The van der Waals surface area contributed by atoms with Crippen molar-refractivity contribution in [1.82, 2.24) is 9.80 Å². The summed E-state index contributed by atoms with van der Waals surface area (Å²) >= 11 is 0. The molecule has 0 aliphatic carbocycles. The SMILES string of the molecule is Cc1cc(C)c(NC(=O)CN(C)C(=O)c2ccc3c(c2)C(=O)N(C)C3=O)c(C)c1. The van der Waals surface area contributed by atoms with Gasteiger partial charge >= 0.3 is 0 Å². The molecule has 0 saturated carbocycles. The quantitative estimate of drug-likeness (QED) is 0.809. The summed E-state index contributed by atoms with van der Waals surface area (Å²) < 4.78 is 0. The van der Waals surface area contributed by atoms with Crippen molar-refractivity contribution in [3.63, 3.8) is 0 Å². The van der Waals surface area contributed by atoms with E-state index in [1.54, 1.807) is 0 Å². The Morgan fingerprint density at radius 1 is 0.966 bits per heavy atom. The van der Waals surface area contributed by atoms with Crippen molar-refractivity contribution in [2.45, 2.75) is 20.8 Å². The van der Waals surface area contributed by atoms with Gasteiger partial charge in [-0.25, -0.2) is 0 Å². The fourth-order valence-corrected chi connectivity index (χ4v) is 3.56. The summed E-state index contributed by atoms with van der Waals surface area (Å²) in [5.74, 6) is -1.55. The molecule has 1 aliphatic rings. The van der Waals surface area contributed by atoms with Gasteiger partial charge in [0.15, 0.2) is 0 Å². The first-order valence-corrected chi connectivity index (χ1v) is 9.19. The lowest BCUT2D eigenvalue weighted by Crippen LogP contribution is -2.35. The predicted molar refractivity (Wildman–Crippen MR) is 109 cm³/mol. The monoisotopic (exact) mass is 393 g/mol. The van der Waals surface area contributed by atoms with Crippen LogP contribution in [-0.4, -0.2) is 54.1 Å². The third-order valence-electron chi connectivity index (χ3n) is 5.01. The van der Waals surface area contributed by atoms with Gasteiger partial charge in [0.1, 0.15) is 0 Å². The first-order chi connectivity index (χ1) is 13.6. The molecule has 7 nitrogen and oxygen atoms in total. The summed E-state index contributed by atoms with van der Waals surface area (Å²) in [5, 5.41) is 2.87. The second-order valence-electron chi connectivity index (χ2n) is 7.41. The van der Waals surface area contributed by atoms with Crippen molar-refractivity contribution in [2.75, 3.05) is 26.0 Å². The smallest absolute Gasteiger partial charge is 0.261 e. The van der Waals surface area contributed by atoms with Crippen LogP contribution < -0.4 is 5.32 Å². The maximum atomic E-state index is 12.7. The number of fused-ring (bicyclic) bond motifs is 1. The molecule has 0 unspecified atom stereocenters. The van der Waals surface area contributed by atoms with Crippen LogP contribution >= 0.6 is 0 Å². The van der Waals surface area contributed by atoms with Gasteiger partial charge in [0, 0.05) is 25.3 Å². The highest BCUT2D eigenvalue weighted by Gasteiger charge is 2.33. The molecule has 1 N–H and O–H groups in total. The van der Waals surface area contributed by atoms with Gasteiger partial charge in [-0.1, -0.05) is 17.7 Å². The minimum atomic E-state index is -0.439. The molecule has 0 fully saturated rings. The largest absolute Gasteiger partial charge is 0.332 e. The van der Waals surface area contributed by atoms with Crippen LogP contribution in [0, 0.1) is 20.8 Å². The van der Waals surface area contributed by atoms with Crippen LogP contribution in [0.1, 0.15) is 47.8 Å². The molecule has 3 rings (SSSR count). The fourth-order valence-electron chi connectivity index (χ4n) is 3.56. The molecule has 2 aromatic rings. The van der Waals surface area contributed by atoms with Crippen LogP contribution in [0.25, 0.3) is 0 Å². The minimum absolute atomic E-state index is 0.143. The average molecular weight is 393 g/mol. The highest BCUT2D eigenvalue weighted by Crippen LogP contribution is 2.24. The molecule has 0 radical (unpaired) electrons. The Morgan fingerprint density at radius 3 is 2.17 bits per heavy atom. The lowest BCUT2D eigenvalue weighted by atomic mass is 10.0. The normalized spacial score (nSPS) is 12.8. The topological polar surface area (TPSA) is 86.8 Å². The molecular formula is C22H23N3O4. The van der Waals surface area contributed by atoms with Crippen molar-refractivity contribution in [2.24, 2.45) is 0 Å². The molecule has 4 amide bonds. The van der Waals surface area contributed by atoms with Gasteiger partial charge in [0.05, 0.1) is 17.7 Å². The maximum absolute atomic E-state index is 12.7. The van der Waals surface area contributed by atoms with Crippen molar-refractivity contribution >= 4 is 29.3 Å². The molecular weight excluding hydrogens is 370 g/mol. The lowest BCUT2D eigenvalue weighted by molar-refractivity contribution is -0.116. The number of nitrogens with one attached hydrogen (secondary N) is 1. The number of nitrogens with zero attached hydrogens (tertiary/aromatic N) is 2. The molecule has 7 heteroatoms. The zero-order valence-electron chi connectivity index (χ0n) is 17.1. The van der Waals surface area contributed by atoms with Gasteiger partial charge in [-0.3, -0.25) is 24.1 Å². The van der Waals surface area contributed by atoms with Gasteiger partial charge in [-0.2, -0.15) is 0 Å². The van der Waals surface area contributed by atoms with Gasteiger partial charge in [0.2, 0.25) is 5.91 Å². The van der Waals surface area contributed by atoms with Gasteiger partial charge in [-0.05, 0) is 50.1 Å². The zero-order valence-corrected chi connectivity index (χ0v) is 17.1. The number of imide groups is 1. The summed E-state index contributed by atoms with van der Waals surface area (Å²) in [5.41, 5.74) is 4.49. The Kier molecular flexibility index (Phi) is 5.24. The van der Waals surface area contributed by atoms with E-state index < -0.39 is 11.8 Å². The van der Waals surface area contributed by atoms with Crippen LogP contribution in [0.15, 0.2) is 30.3 Å². The summed E-state index contributed by atoms with van der Waals surface area (Å²) in [7, 11) is 2.92. The highest BCUT2D eigenvalue weighted by atomic mass is 16.2. The van der Waals surface area contributed by atoms with E-state index in [2.05, 4.69) is 5.32 Å². The van der Waals surface area contributed by atoms with Crippen LogP contribution in [-0.2, 0) is 4.79 Å². The number of aryl methyl sites for hydroxylation is 3. The van der Waals surface area contributed by atoms with Crippen molar-refractivity contribution in [3.05, 3.63) is 63.7 Å². The highest BCUT2D eigenvalue weighted by molar-refractivity contribution is 6.21. The van der Waals surface area contributed by atoms with E-state index >= 15 is 0 Å². The van der Waals surface area contributed by atoms with Crippen LogP contribution in [0.4, 0.5) is 5.69 Å². The molecule has 0 aromatic heterocycles. The van der Waals surface area contributed by atoms with E-state index in [1.807, 2.05) is 32.9 Å². The third kappa shape index (κ3) is 3.76. The van der Waals surface area contributed by atoms with Crippen molar-refractivity contribution < 1.29 is 19.2 Å². The van der Waals surface area contributed by atoms with E-state index in [9.17, 15) is 19.2 Å². The molecule has 0 saturated heterocycles. The fraction of sp³-hybridized carbons (Fsp3) is 0.273. The third-order valence-corrected chi connectivity index (χ3v) is 5.01. The molecule has 1 aliphatic heterocycles. The number of hydrogen-bond acceptors (Lipinski definition) is 4. The first kappa shape index (κ1) is 20.3. The summed E-state index contributed by atoms with van der Waals surface area (Å²) in [6.07, 6.45) is 0. The van der Waals surface area contributed by atoms with Crippen LogP contribution in [0.2, 0.25) is 0 Å². The molecule has 0 bridgehead atoms.